The minimum atomic E-state index is 0.0950. The van der Waals surface area contributed by atoms with E-state index < -0.39 is 0 Å². The standard InChI is InChI=1S/C10H19NO/c1-2-9(11)7-10(12)6-8-4-3-5-8/h8-9H,2-7,11H2,1H3. The molecule has 0 aromatic rings. The van der Waals surface area contributed by atoms with Crippen LogP contribution in [0.4, 0.5) is 0 Å². The van der Waals surface area contributed by atoms with E-state index in [9.17, 15) is 4.79 Å². The normalized spacial score (nSPS) is 20.2. The quantitative estimate of drug-likeness (QED) is 0.682. The van der Waals surface area contributed by atoms with Crippen LogP contribution in [0.5, 0.6) is 0 Å². The number of ketones is 1. The number of carbonyl (C=O) groups is 1. The number of hydrogen-bond acceptors (Lipinski definition) is 2. The topological polar surface area (TPSA) is 43.1 Å². The highest BCUT2D eigenvalue weighted by Crippen LogP contribution is 2.29. The highest BCUT2D eigenvalue weighted by Gasteiger charge is 2.21. The zero-order chi connectivity index (χ0) is 8.97. The fourth-order valence-corrected chi connectivity index (χ4v) is 1.54. The minimum absolute atomic E-state index is 0.0950. The van der Waals surface area contributed by atoms with Crippen molar-refractivity contribution in [3.05, 3.63) is 0 Å². The summed E-state index contributed by atoms with van der Waals surface area (Å²) in [5.74, 6) is 1.07. The summed E-state index contributed by atoms with van der Waals surface area (Å²) in [5.41, 5.74) is 5.69. The van der Waals surface area contributed by atoms with Crippen LogP contribution in [0.15, 0.2) is 0 Å². The Kier molecular flexibility index (Phi) is 3.73. The predicted molar refractivity (Wildman–Crippen MR) is 49.8 cm³/mol. The van der Waals surface area contributed by atoms with Gasteiger partial charge < -0.3 is 5.73 Å². The molecule has 1 unspecified atom stereocenters. The first-order valence-electron chi connectivity index (χ1n) is 4.99. The van der Waals surface area contributed by atoms with Crippen molar-refractivity contribution < 1.29 is 4.79 Å². The van der Waals surface area contributed by atoms with E-state index in [4.69, 9.17) is 5.73 Å². The molecular formula is C10H19NO. The van der Waals surface area contributed by atoms with Crippen LogP contribution in [0.2, 0.25) is 0 Å². The maximum absolute atomic E-state index is 11.3. The Bertz CT molecular complexity index is 143. The van der Waals surface area contributed by atoms with E-state index in [2.05, 4.69) is 0 Å². The van der Waals surface area contributed by atoms with Crippen molar-refractivity contribution in [1.82, 2.24) is 0 Å². The molecule has 0 amide bonds. The maximum atomic E-state index is 11.3. The molecule has 0 spiro atoms. The molecule has 1 saturated carbocycles. The second-order valence-corrected chi connectivity index (χ2v) is 3.91. The van der Waals surface area contributed by atoms with Crippen molar-refractivity contribution in [3.63, 3.8) is 0 Å². The van der Waals surface area contributed by atoms with Gasteiger partial charge in [0.1, 0.15) is 5.78 Å². The Balaban J connectivity index is 2.10. The lowest BCUT2D eigenvalue weighted by Gasteiger charge is -2.24. The molecule has 1 aliphatic carbocycles. The van der Waals surface area contributed by atoms with E-state index in [0.29, 0.717) is 18.1 Å². The zero-order valence-electron chi connectivity index (χ0n) is 7.88. The van der Waals surface area contributed by atoms with Crippen LogP contribution in [0.1, 0.15) is 45.4 Å². The molecule has 0 bridgehead atoms. The zero-order valence-corrected chi connectivity index (χ0v) is 7.88. The fraction of sp³-hybridized carbons (Fsp3) is 0.900. The highest BCUT2D eigenvalue weighted by atomic mass is 16.1. The molecule has 0 aromatic carbocycles. The fourth-order valence-electron chi connectivity index (χ4n) is 1.54. The molecule has 1 atom stereocenters. The van der Waals surface area contributed by atoms with Gasteiger partial charge in [0.15, 0.2) is 0 Å². The predicted octanol–water partition coefficient (Wildman–Crippen LogP) is 1.87. The van der Waals surface area contributed by atoms with Gasteiger partial charge >= 0.3 is 0 Å². The smallest absolute Gasteiger partial charge is 0.134 e. The van der Waals surface area contributed by atoms with Crippen LogP contribution in [0.3, 0.4) is 0 Å². The molecule has 1 rings (SSSR count). The van der Waals surface area contributed by atoms with Gasteiger partial charge in [-0.15, -0.1) is 0 Å². The average molecular weight is 169 g/mol. The molecule has 1 aliphatic rings. The maximum Gasteiger partial charge on any atom is 0.134 e. The summed E-state index contributed by atoms with van der Waals surface area (Å²) in [4.78, 5) is 11.3. The summed E-state index contributed by atoms with van der Waals surface area (Å²) in [7, 11) is 0. The molecule has 0 heterocycles. The number of rotatable bonds is 5. The third kappa shape index (κ3) is 2.94. The van der Waals surface area contributed by atoms with Gasteiger partial charge in [0, 0.05) is 18.9 Å². The van der Waals surface area contributed by atoms with Gasteiger partial charge in [0.2, 0.25) is 0 Å². The van der Waals surface area contributed by atoms with Crippen molar-refractivity contribution in [2.75, 3.05) is 0 Å². The SMILES string of the molecule is CCC(N)CC(=O)CC1CCC1. The average Bonchev–Trinajstić information content (AvgIpc) is 1.97. The highest BCUT2D eigenvalue weighted by molar-refractivity contribution is 5.79. The van der Waals surface area contributed by atoms with E-state index in [1.54, 1.807) is 0 Å². The van der Waals surface area contributed by atoms with Crippen LogP contribution in [-0.4, -0.2) is 11.8 Å². The largest absolute Gasteiger partial charge is 0.327 e. The van der Waals surface area contributed by atoms with Crippen LogP contribution in [0, 0.1) is 5.92 Å². The molecule has 0 radical (unpaired) electrons. The van der Waals surface area contributed by atoms with Gasteiger partial charge in [0.05, 0.1) is 0 Å². The lowest BCUT2D eigenvalue weighted by atomic mass is 9.81. The molecule has 2 nitrogen and oxygen atoms in total. The third-order valence-electron chi connectivity index (χ3n) is 2.76. The molecule has 0 aliphatic heterocycles. The summed E-state index contributed by atoms with van der Waals surface area (Å²) < 4.78 is 0. The molecule has 1 fully saturated rings. The molecular weight excluding hydrogens is 150 g/mol. The first-order chi connectivity index (χ1) is 5.72. The van der Waals surface area contributed by atoms with E-state index in [1.165, 1.54) is 19.3 Å². The molecule has 12 heavy (non-hydrogen) atoms. The second kappa shape index (κ2) is 4.61. The first kappa shape index (κ1) is 9.72. The van der Waals surface area contributed by atoms with Crippen molar-refractivity contribution >= 4 is 5.78 Å². The van der Waals surface area contributed by atoms with Crippen LogP contribution >= 0.6 is 0 Å². The number of hydrogen-bond donors (Lipinski definition) is 1. The van der Waals surface area contributed by atoms with E-state index in [0.717, 1.165) is 12.8 Å². The lowest BCUT2D eigenvalue weighted by Crippen LogP contribution is -2.25. The van der Waals surface area contributed by atoms with Gasteiger partial charge in [-0.2, -0.15) is 0 Å². The van der Waals surface area contributed by atoms with Crippen LogP contribution in [-0.2, 0) is 4.79 Å². The minimum Gasteiger partial charge on any atom is -0.327 e. The van der Waals surface area contributed by atoms with Gasteiger partial charge in [-0.1, -0.05) is 26.2 Å². The number of carbonyl (C=O) groups excluding carboxylic acids is 1. The summed E-state index contributed by atoms with van der Waals surface area (Å²) in [5, 5.41) is 0. The second-order valence-electron chi connectivity index (χ2n) is 3.91. The van der Waals surface area contributed by atoms with E-state index in [1.807, 2.05) is 6.92 Å². The van der Waals surface area contributed by atoms with Gasteiger partial charge in [-0.05, 0) is 12.3 Å². The molecule has 2 heteroatoms. The summed E-state index contributed by atoms with van der Waals surface area (Å²) >= 11 is 0. The molecule has 2 N–H and O–H groups in total. The summed E-state index contributed by atoms with van der Waals surface area (Å²) in [6, 6.07) is 0.0950. The summed E-state index contributed by atoms with van der Waals surface area (Å²) in [6.45, 7) is 2.03. The third-order valence-corrected chi connectivity index (χ3v) is 2.76. The molecule has 0 aromatic heterocycles. The Morgan fingerprint density at radius 1 is 1.58 bits per heavy atom. The lowest BCUT2D eigenvalue weighted by molar-refractivity contribution is -0.120. The summed E-state index contributed by atoms with van der Waals surface area (Å²) in [6.07, 6.45) is 6.12. The Labute approximate surface area is 74.5 Å². The van der Waals surface area contributed by atoms with Crippen molar-refractivity contribution in [2.45, 2.75) is 51.5 Å². The Hall–Kier alpha value is -0.370. The van der Waals surface area contributed by atoms with Gasteiger partial charge in [-0.25, -0.2) is 0 Å². The van der Waals surface area contributed by atoms with Crippen molar-refractivity contribution in [1.29, 1.82) is 0 Å². The van der Waals surface area contributed by atoms with E-state index in [-0.39, 0.29) is 6.04 Å². The van der Waals surface area contributed by atoms with Crippen molar-refractivity contribution in [2.24, 2.45) is 11.7 Å². The Morgan fingerprint density at radius 3 is 2.67 bits per heavy atom. The van der Waals surface area contributed by atoms with Gasteiger partial charge in [-0.3, -0.25) is 4.79 Å². The monoisotopic (exact) mass is 169 g/mol. The van der Waals surface area contributed by atoms with Crippen LogP contribution < -0.4 is 5.73 Å². The molecule has 0 saturated heterocycles. The first-order valence-corrected chi connectivity index (χ1v) is 4.99. The Morgan fingerprint density at radius 2 is 2.25 bits per heavy atom. The molecule has 70 valence electrons. The van der Waals surface area contributed by atoms with Gasteiger partial charge in [0.25, 0.3) is 0 Å². The van der Waals surface area contributed by atoms with Crippen LogP contribution in [0.25, 0.3) is 0 Å². The number of nitrogens with two attached hydrogens (primary N) is 1. The van der Waals surface area contributed by atoms with E-state index >= 15 is 0 Å². The number of Topliss-reactive ketones (excluding diaryl/α,β-unsaturated/α-hetero) is 1. The van der Waals surface area contributed by atoms with Crippen molar-refractivity contribution in [3.8, 4) is 0 Å².